The van der Waals surface area contributed by atoms with Crippen LogP contribution in [0.2, 0.25) is 0 Å². The lowest BCUT2D eigenvalue weighted by molar-refractivity contribution is 0.102. The molecule has 0 spiro atoms. The molecule has 2 heterocycles. The van der Waals surface area contributed by atoms with Gasteiger partial charge in [0.2, 0.25) is 0 Å². The van der Waals surface area contributed by atoms with Crippen LogP contribution in [0.3, 0.4) is 0 Å². The predicted molar refractivity (Wildman–Crippen MR) is 103 cm³/mol. The maximum Gasteiger partial charge on any atom is 0.272 e. The molecule has 2 N–H and O–H groups in total. The molecular weight excluding hydrogens is 330 g/mol. The van der Waals surface area contributed by atoms with E-state index in [-0.39, 0.29) is 11.5 Å². The molecule has 0 radical (unpaired) electrons. The van der Waals surface area contributed by atoms with Gasteiger partial charge in [-0.05, 0) is 51.5 Å². The minimum absolute atomic E-state index is 0.244. The van der Waals surface area contributed by atoms with Gasteiger partial charge < -0.3 is 10.2 Å². The molecule has 0 bridgehead atoms. The number of carbonyl (C=O) groups is 1. The molecule has 1 amide bonds. The van der Waals surface area contributed by atoms with Crippen molar-refractivity contribution >= 4 is 22.9 Å². The maximum atomic E-state index is 12.7. The van der Waals surface area contributed by atoms with Gasteiger partial charge in [-0.3, -0.25) is 14.7 Å². The minimum atomic E-state index is -0.306. The summed E-state index contributed by atoms with van der Waals surface area (Å²) in [7, 11) is 0. The van der Waals surface area contributed by atoms with Crippen LogP contribution >= 0.6 is 0 Å². The third kappa shape index (κ3) is 3.20. The lowest BCUT2D eigenvalue weighted by atomic mass is 10.1. The number of nitrogens with one attached hydrogen (secondary N) is 2. The van der Waals surface area contributed by atoms with Gasteiger partial charge in [0.05, 0.1) is 0 Å². The Labute approximate surface area is 151 Å². The van der Waals surface area contributed by atoms with E-state index in [9.17, 15) is 9.59 Å². The van der Waals surface area contributed by atoms with E-state index in [0.717, 1.165) is 30.0 Å². The van der Waals surface area contributed by atoms with E-state index in [2.05, 4.69) is 40.2 Å². The van der Waals surface area contributed by atoms with Gasteiger partial charge in [0.25, 0.3) is 11.5 Å². The summed E-state index contributed by atoms with van der Waals surface area (Å²) in [4.78, 5) is 31.2. The highest BCUT2D eigenvalue weighted by Crippen LogP contribution is 2.23. The van der Waals surface area contributed by atoms with Crippen molar-refractivity contribution in [2.75, 3.05) is 23.3 Å². The number of hydrogen-bond donors (Lipinski definition) is 2. The van der Waals surface area contributed by atoms with E-state index in [1.165, 1.54) is 16.8 Å². The highest BCUT2D eigenvalue weighted by Gasteiger charge is 2.16. The van der Waals surface area contributed by atoms with Crippen molar-refractivity contribution < 1.29 is 4.79 Å². The fourth-order valence-electron chi connectivity index (χ4n) is 3.03. The number of carbonyl (C=O) groups excluding carboxylic acids is 1. The van der Waals surface area contributed by atoms with Gasteiger partial charge in [0.1, 0.15) is 5.56 Å². The number of nitrogens with zero attached hydrogens (tertiary/aromatic N) is 3. The first-order chi connectivity index (χ1) is 12.4. The summed E-state index contributed by atoms with van der Waals surface area (Å²) < 4.78 is 1.26. The standard InChI is InChI=1S/C19H23N5O2/c1-5-23(6-2)14-7-8-16(12(3)9-14)22-19(26)15-11-20-24-17(25)10-13(4)21-18(15)24/h7-11,20H,5-6H2,1-4H3,(H,22,26). The summed E-state index contributed by atoms with van der Waals surface area (Å²) in [5, 5.41) is 5.69. The van der Waals surface area contributed by atoms with Gasteiger partial charge in [-0.2, -0.15) is 0 Å². The van der Waals surface area contributed by atoms with Crippen LogP contribution in [0.1, 0.15) is 35.5 Å². The molecule has 0 fully saturated rings. The number of fused-ring (bicyclic) bond motifs is 1. The second-order valence-corrected chi connectivity index (χ2v) is 6.21. The van der Waals surface area contributed by atoms with Crippen LogP contribution in [-0.4, -0.2) is 33.6 Å². The van der Waals surface area contributed by atoms with Gasteiger partial charge in [-0.25, -0.2) is 9.50 Å². The molecule has 136 valence electrons. The molecule has 26 heavy (non-hydrogen) atoms. The summed E-state index contributed by atoms with van der Waals surface area (Å²) in [5.41, 5.74) is 3.82. The molecule has 0 aliphatic heterocycles. The quantitative estimate of drug-likeness (QED) is 0.739. The lowest BCUT2D eigenvalue weighted by Gasteiger charge is -2.22. The van der Waals surface area contributed by atoms with E-state index in [1.807, 2.05) is 19.1 Å². The molecule has 0 aliphatic rings. The highest BCUT2D eigenvalue weighted by atomic mass is 16.2. The van der Waals surface area contributed by atoms with Crippen molar-refractivity contribution in [3.05, 3.63) is 57.6 Å². The van der Waals surface area contributed by atoms with Gasteiger partial charge in [-0.1, -0.05) is 0 Å². The molecule has 0 saturated heterocycles. The smallest absolute Gasteiger partial charge is 0.272 e. The normalized spacial score (nSPS) is 10.9. The van der Waals surface area contributed by atoms with E-state index in [1.54, 1.807) is 6.92 Å². The molecule has 3 rings (SSSR count). The van der Waals surface area contributed by atoms with Gasteiger partial charge >= 0.3 is 0 Å². The fourth-order valence-corrected chi connectivity index (χ4v) is 3.03. The van der Waals surface area contributed by atoms with E-state index < -0.39 is 0 Å². The summed E-state index contributed by atoms with van der Waals surface area (Å²) in [6.07, 6.45) is 1.50. The molecule has 0 saturated carbocycles. The summed E-state index contributed by atoms with van der Waals surface area (Å²) in [6.45, 7) is 9.77. The molecule has 0 unspecified atom stereocenters. The van der Waals surface area contributed by atoms with E-state index in [0.29, 0.717) is 16.9 Å². The molecule has 0 aliphatic carbocycles. The number of hydrogen-bond acceptors (Lipinski definition) is 4. The summed E-state index contributed by atoms with van der Waals surface area (Å²) >= 11 is 0. The lowest BCUT2D eigenvalue weighted by Crippen LogP contribution is -2.22. The number of aromatic amines is 1. The van der Waals surface area contributed by atoms with Crippen LogP contribution in [-0.2, 0) is 0 Å². The van der Waals surface area contributed by atoms with Crippen LogP contribution in [0.15, 0.2) is 35.3 Å². The Morgan fingerprint density at radius 1 is 1.23 bits per heavy atom. The topological polar surface area (TPSA) is 82.5 Å². The number of rotatable bonds is 5. The molecule has 1 aromatic carbocycles. The third-order valence-electron chi connectivity index (χ3n) is 4.46. The number of amides is 1. The number of aryl methyl sites for hydroxylation is 2. The SMILES string of the molecule is CCN(CC)c1ccc(NC(=O)c2c[nH]n3c(=O)cc(C)nc23)c(C)c1. The van der Waals surface area contributed by atoms with Crippen molar-refractivity contribution in [3.8, 4) is 0 Å². The van der Waals surface area contributed by atoms with Crippen LogP contribution in [0.4, 0.5) is 11.4 Å². The number of anilines is 2. The van der Waals surface area contributed by atoms with Crippen molar-refractivity contribution in [1.82, 2.24) is 14.6 Å². The third-order valence-corrected chi connectivity index (χ3v) is 4.46. The van der Waals surface area contributed by atoms with E-state index >= 15 is 0 Å². The van der Waals surface area contributed by atoms with Crippen LogP contribution in [0.25, 0.3) is 5.65 Å². The molecule has 7 nitrogen and oxygen atoms in total. The van der Waals surface area contributed by atoms with Crippen molar-refractivity contribution in [2.24, 2.45) is 0 Å². The Bertz CT molecular complexity index is 1010. The minimum Gasteiger partial charge on any atom is -0.372 e. The second-order valence-electron chi connectivity index (χ2n) is 6.21. The maximum absolute atomic E-state index is 12.7. The average Bonchev–Trinajstić information content (AvgIpc) is 3.02. The predicted octanol–water partition coefficient (Wildman–Crippen LogP) is 2.74. The summed E-state index contributed by atoms with van der Waals surface area (Å²) in [5.74, 6) is -0.306. The Balaban J connectivity index is 1.90. The number of benzene rings is 1. The van der Waals surface area contributed by atoms with Gasteiger partial charge in [-0.15, -0.1) is 0 Å². The fraction of sp³-hybridized carbons (Fsp3) is 0.316. The Kier molecular flexibility index (Phi) is 4.79. The summed E-state index contributed by atoms with van der Waals surface area (Å²) in [6, 6.07) is 7.38. The Morgan fingerprint density at radius 2 is 1.96 bits per heavy atom. The van der Waals surface area contributed by atoms with Crippen molar-refractivity contribution in [3.63, 3.8) is 0 Å². The molecule has 2 aromatic heterocycles. The monoisotopic (exact) mass is 353 g/mol. The molecular formula is C19H23N5O2. The largest absolute Gasteiger partial charge is 0.372 e. The molecule has 3 aromatic rings. The first-order valence-electron chi connectivity index (χ1n) is 8.69. The van der Waals surface area contributed by atoms with Crippen LogP contribution in [0, 0.1) is 13.8 Å². The average molecular weight is 353 g/mol. The van der Waals surface area contributed by atoms with Crippen molar-refractivity contribution in [2.45, 2.75) is 27.7 Å². The van der Waals surface area contributed by atoms with Gasteiger partial charge in [0.15, 0.2) is 5.65 Å². The zero-order valence-electron chi connectivity index (χ0n) is 15.5. The van der Waals surface area contributed by atoms with E-state index in [4.69, 9.17) is 0 Å². The van der Waals surface area contributed by atoms with Crippen LogP contribution in [0.5, 0.6) is 0 Å². The Hall–Kier alpha value is -3.09. The van der Waals surface area contributed by atoms with Gasteiger partial charge in [0, 0.05) is 42.4 Å². The molecule has 7 heteroatoms. The number of aromatic nitrogens is 3. The second kappa shape index (κ2) is 7.03. The first kappa shape index (κ1) is 17.7. The highest BCUT2D eigenvalue weighted by molar-refractivity contribution is 6.08. The number of H-pyrrole nitrogens is 1. The zero-order chi connectivity index (χ0) is 18.8. The van der Waals surface area contributed by atoms with Crippen molar-refractivity contribution in [1.29, 1.82) is 0 Å². The van der Waals surface area contributed by atoms with Crippen LogP contribution < -0.4 is 15.8 Å². The first-order valence-corrected chi connectivity index (χ1v) is 8.69. The zero-order valence-corrected chi connectivity index (χ0v) is 15.5. The Morgan fingerprint density at radius 3 is 2.62 bits per heavy atom. The molecule has 0 atom stereocenters.